The highest BCUT2D eigenvalue weighted by atomic mass is 16.6. The number of hydrogen-bond donors (Lipinski definition) is 6. The summed E-state index contributed by atoms with van der Waals surface area (Å²) in [6.45, 7) is 0. The average molecular weight is 691 g/mol. The molecule has 258 valence electrons. The number of Topliss-reactive ketones (excluding diaryl/α,β-unsaturated/α-hetero) is 4. The number of nitrogens with two attached hydrogens (primary N) is 1. The number of hydrogen-bond acceptors (Lipinski definition) is 10. The lowest BCUT2D eigenvalue weighted by Gasteiger charge is -2.52. The van der Waals surface area contributed by atoms with Crippen molar-refractivity contribution in [1.29, 1.82) is 0 Å². The first-order valence-corrected chi connectivity index (χ1v) is 16.0. The van der Waals surface area contributed by atoms with E-state index in [9.17, 15) is 43.8 Å². The smallest absolute Gasteiger partial charge is 0.411 e. The molecule has 51 heavy (non-hydrogen) atoms. The molecule has 2 saturated carbocycles. The number of urea groups is 1. The van der Waals surface area contributed by atoms with Gasteiger partial charge in [-0.25, -0.2) is 9.59 Å². The fraction of sp³-hybridized carbons (Fsp3) is 0.216. The van der Waals surface area contributed by atoms with Gasteiger partial charge in [0.05, 0.1) is 22.9 Å². The summed E-state index contributed by atoms with van der Waals surface area (Å²) in [4.78, 5) is 93.4. The molecule has 4 aromatic carbocycles. The van der Waals surface area contributed by atoms with Crippen LogP contribution in [0, 0.1) is 23.7 Å². The first-order chi connectivity index (χ1) is 24.4. The molecule has 3 aliphatic carbocycles. The van der Waals surface area contributed by atoms with Crippen molar-refractivity contribution in [3.8, 4) is 5.75 Å². The standard InChI is InChI=1S/C37H30N4O10/c38-34(47)28-25(42)16-22-31(51-36(49)39-19-9-2-1-3-10-19)21-15-18-13-14-24(29(43)26(18)30(44)27(21)32(45)37(22,50)33(28)46)41-35(48)40-23-12-6-8-17-7-4-5-11-20(17)23/h1-14,21-22,27-28,31,43,50H,15-16H2,(H2,38,47)(H,39,49)(H2,40,41,48)/t21-,22-,27?,28?,31+,37+/m1/s1. The maximum absolute atomic E-state index is 14.2. The Morgan fingerprint density at radius 1 is 0.784 bits per heavy atom. The Kier molecular flexibility index (Phi) is 8.10. The molecule has 4 amide bonds. The Balaban J connectivity index is 1.23. The largest absolute Gasteiger partial charge is 0.505 e. The maximum atomic E-state index is 14.2. The quantitative estimate of drug-likeness (QED) is 0.132. The molecule has 0 bridgehead atoms. The highest BCUT2D eigenvalue weighted by molar-refractivity contribution is 6.31. The Hall–Kier alpha value is -6.41. The first kappa shape index (κ1) is 33.1. The number of fused-ring (bicyclic) bond motifs is 4. The number of aromatic hydroxyl groups is 1. The van der Waals surface area contributed by atoms with E-state index in [1.807, 2.05) is 30.3 Å². The van der Waals surface area contributed by atoms with Gasteiger partial charge >= 0.3 is 12.1 Å². The van der Waals surface area contributed by atoms with E-state index in [1.165, 1.54) is 12.1 Å². The predicted molar refractivity (Wildman–Crippen MR) is 181 cm³/mol. The molecule has 0 aliphatic heterocycles. The van der Waals surface area contributed by atoms with Crippen LogP contribution in [0.25, 0.3) is 10.8 Å². The number of carbonyl (C=O) groups excluding carboxylic acids is 7. The van der Waals surface area contributed by atoms with Crippen LogP contribution in [-0.4, -0.2) is 63.1 Å². The number of aliphatic hydroxyl groups is 1. The number of carbonyl (C=O) groups is 7. The van der Waals surface area contributed by atoms with Gasteiger partial charge in [0, 0.05) is 29.3 Å². The summed E-state index contributed by atoms with van der Waals surface area (Å²) >= 11 is 0. The second kappa shape index (κ2) is 12.5. The van der Waals surface area contributed by atoms with E-state index in [1.54, 1.807) is 42.5 Å². The number of phenolic OH excluding ortho intramolecular Hbond substituents is 1. The molecular weight excluding hydrogens is 660 g/mol. The number of primary amides is 1. The Morgan fingerprint density at radius 3 is 2.22 bits per heavy atom. The van der Waals surface area contributed by atoms with Gasteiger partial charge < -0.3 is 31.3 Å². The van der Waals surface area contributed by atoms with E-state index in [2.05, 4.69) is 16.0 Å². The van der Waals surface area contributed by atoms with Crippen molar-refractivity contribution in [1.82, 2.24) is 0 Å². The van der Waals surface area contributed by atoms with E-state index in [0.29, 0.717) is 11.4 Å². The summed E-state index contributed by atoms with van der Waals surface area (Å²) < 4.78 is 5.73. The number of benzene rings is 4. The van der Waals surface area contributed by atoms with Crippen LogP contribution in [0.15, 0.2) is 84.9 Å². The van der Waals surface area contributed by atoms with E-state index < -0.39 is 88.7 Å². The molecule has 7 N–H and O–H groups in total. The number of ketones is 4. The van der Waals surface area contributed by atoms with Crippen molar-refractivity contribution < 1.29 is 48.5 Å². The van der Waals surface area contributed by atoms with Gasteiger partial charge in [-0.1, -0.05) is 60.7 Å². The molecule has 14 heteroatoms. The normalized spacial score (nSPS) is 25.2. The molecule has 0 saturated heterocycles. The van der Waals surface area contributed by atoms with Crippen molar-refractivity contribution in [2.75, 3.05) is 16.0 Å². The van der Waals surface area contributed by atoms with E-state index in [-0.39, 0.29) is 23.2 Å². The van der Waals surface area contributed by atoms with Crippen LogP contribution < -0.4 is 21.7 Å². The molecule has 14 nitrogen and oxygen atoms in total. The lowest BCUT2D eigenvalue weighted by atomic mass is 9.52. The second-order valence-electron chi connectivity index (χ2n) is 12.8. The van der Waals surface area contributed by atoms with Gasteiger partial charge in [-0.05, 0) is 41.6 Å². The predicted octanol–water partition coefficient (Wildman–Crippen LogP) is 3.35. The minimum Gasteiger partial charge on any atom is -0.505 e. The van der Waals surface area contributed by atoms with Crippen LogP contribution in [0.5, 0.6) is 5.75 Å². The number of rotatable bonds is 5. The van der Waals surface area contributed by atoms with Gasteiger partial charge in [-0.2, -0.15) is 0 Å². The Bertz CT molecular complexity index is 2180. The van der Waals surface area contributed by atoms with Crippen LogP contribution in [0.1, 0.15) is 22.3 Å². The molecule has 7 rings (SSSR count). The van der Waals surface area contributed by atoms with Gasteiger partial charge in [-0.3, -0.25) is 29.3 Å². The third kappa shape index (κ3) is 5.45. The van der Waals surface area contributed by atoms with Crippen LogP contribution in [0.2, 0.25) is 0 Å². The van der Waals surface area contributed by atoms with Crippen LogP contribution in [0.3, 0.4) is 0 Å². The van der Waals surface area contributed by atoms with Crippen molar-refractivity contribution in [2.24, 2.45) is 29.4 Å². The minimum absolute atomic E-state index is 0.176. The van der Waals surface area contributed by atoms with Gasteiger partial charge in [0.1, 0.15) is 11.9 Å². The lowest BCUT2D eigenvalue weighted by molar-refractivity contribution is -0.187. The summed E-state index contributed by atoms with van der Waals surface area (Å²) in [7, 11) is 0. The zero-order valence-electron chi connectivity index (χ0n) is 26.6. The number of para-hydroxylation sites is 1. The van der Waals surface area contributed by atoms with Crippen LogP contribution in [0.4, 0.5) is 26.7 Å². The summed E-state index contributed by atoms with van der Waals surface area (Å²) in [5.74, 6) is -13.7. The molecule has 0 spiro atoms. The molecule has 4 aromatic rings. The number of phenols is 1. The molecule has 6 atom stereocenters. The van der Waals surface area contributed by atoms with E-state index >= 15 is 0 Å². The van der Waals surface area contributed by atoms with Crippen molar-refractivity contribution >= 4 is 69.0 Å². The number of ether oxygens (including phenoxy) is 1. The van der Waals surface area contributed by atoms with Gasteiger partial charge in [0.25, 0.3) is 0 Å². The lowest BCUT2D eigenvalue weighted by Crippen LogP contribution is -2.72. The molecule has 2 fully saturated rings. The summed E-state index contributed by atoms with van der Waals surface area (Å²) in [5.41, 5.74) is 2.69. The summed E-state index contributed by atoms with van der Waals surface area (Å²) in [6.07, 6.45) is -3.52. The first-order valence-electron chi connectivity index (χ1n) is 16.0. The monoisotopic (exact) mass is 690 g/mol. The maximum Gasteiger partial charge on any atom is 0.411 e. The fourth-order valence-electron chi connectivity index (χ4n) is 7.60. The third-order valence-corrected chi connectivity index (χ3v) is 9.90. The van der Waals surface area contributed by atoms with Crippen molar-refractivity contribution in [3.63, 3.8) is 0 Å². The van der Waals surface area contributed by atoms with Crippen molar-refractivity contribution in [2.45, 2.75) is 24.5 Å². The molecular formula is C37H30N4O10. The van der Waals surface area contributed by atoms with E-state index in [0.717, 1.165) is 10.8 Å². The third-order valence-electron chi connectivity index (χ3n) is 9.90. The van der Waals surface area contributed by atoms with Crippen LogP contribution in [-0.2, 0) is 30.3 Å². The molecule has 3 aliphatic rings. The van der Waals surface area contributed by atoms with Crippen molar-refractivity contribution in [3.05, 3.63) is 96.1 Å². The second-order valence-corrected chi connectivity index (χ2v) is 12.8. The highest BCUT2D eigenvalue weighted by Crippen LogP contribution is 2.51. The van der Waals surface area contributed by atoms with Gasteiger partial charge in [0.2, 0.25) is 5.91 Å². The Labute approximate surface area is 289 Å². The SMILES string of the molecule is NC(=O)C1C(=O)C[C@@H]2[C@@H](OC(=O)Nc3ccccc3)[C@@H]3Cc4ccc(NC(=O)Nc5cccc6ccccc56)c(O)c4C(=O)C3C(=O)[C@]2(O)C1=O. The highest BCUT2D eigenvalue weighted by Gasteiger charge is 2.70. The average Bonchev–Trinajstić information content (AvgIpc) is 3.09. The van der Waals surface area contributed by atoms with E-state index in [4.69, 9.17) is 10.5 Å². The van der Waals surface area contributed by atoms with Crippen LogP contribution >= 0.6 is 0 Å². The van der Waals surface area contributed by atoms with Gasteiger partial charge in [0.15, 0.2) is 34.7 Å². The molecule has 0 aromatic heterocycles. The molecule has 2 unspecified atom stereocenters. The zero-order valence-corrected chi connectivity index (χ0v) is 26.6. The zero-order chi connectivity index (χ0) is 36.2. The van der Waals surface area contributed by atoms with Gasteiger partial charge in [-0.15, -0.1) is 0 Å². The number of nitrogens with one attached hydrogen (secondary N) is 3. The number of anilines is 3. The fourth-order valence-corrected chi connectivity index (χ4v) is 7.60. The minimum atomic E-state index is -3.11. The summed E-state index contributed by atoms with van der Waals surface area (Å²) in [6, 6.07) is 22.8. The number of amides is 4. The summed E-state index contributed by atoms with van der Waals surface area (Å²) in [5, 5.41) is 32.5. The molecule has 0 radical (unpaired) electrons. The topological polar surface area (TPSA) is 231 Å². The molecule has 0 heterocycles. The Morgan fingerprint density at radius 2 is 1.47 bits per heavy atom.